The third-order valence-electron chi connectivity index (χ3n) is 5.00. The average Bonchev–Trinajstić information content (AvgIpc) is 2.55. The number of carbonyl (C=O) groups excluding carboxylic acids is 1. The molecule has 7 heteroatoms. The van der Waals surface area contributed by atoms with Crippen LogP contribution in [0.5, 0.6) is 0 Å². The summed E-state index contributed by atoms with van der Waals surface area (Å²) in [6.07, 6.45) is -1.58. The van der Waals surface area contributed by atoms with Crippen molar-refractivity contribution in [3.05, 3.63) is 29.8 Å². The average molecular weight is 358 g/mol. The zero-order chi connectivity index (χ0) is 18.7. The maximum Gasteiger partial charge on any atom is 0.416 e. The summed E-state index contributed by atoms with van der Waals surface area (Å²) in [5.74, 6) is 0.158. The zero-order valence-electron chi connectivity index (χ0n) is 14.6. The van der Waals surface area contributed by atoms with Gasteiger partial charge in [-0.1, -0.05) is 26.3 Å². The molecule has 1 unspecified atom stereocenters. The Morgan fingerprint density at radius 2 is 2.00 bits per heavy atom. The summed E-state index contributed by atoms with van der Waals surface area (Å²) in [4.78, 5) is 13.8. The van der Waals surface area contributed by atoms with Crippen LogP contribution >= 0.6 is 0 Å². The van der Waals surface area contributed by atoms with Gasteiger partial charge in [-0.05, 0) is 43.4 Å². The molecule has 1 fully saturated rings. The minimum Gasteiger partial charge on any atom is -0.389 e. The number of piperidine rings is 1. The van der Waals surface area contributed by atoms with Gasteiger partial charge in [0.15, 0.2) is 0 Å². The number of nitrogens with zero attached hydrogens (tertiary/aromatic N) is 1. The van der Waals surface area contributed by atoms with Crippen molar-refractivity contribution < 1.29 is 23.1 Å². The molecule has 0 saturated carbocycles. The van der Waals surface area contributed by atoms with Crippen molar-refractivity contribution in [1.82, 2.24) is 4.90 Å². The maximum absolute atomic E-state index is 12.7. The Morgan fingerprint density at radius 1 is 1.36 bits per heavy atom. The summed E-state index contributed by atoms with van der Waals surface area (Å²) in [5.41, 5.74) is -1.46. The van der Waals surface area contributed by atoms with E-state index in [1.807, 2.05) is 6.92 Å². The highest BCUT2D eigenvalue weighted by Gasteiger charge is 2.38. The fraction of sp³-hybridized carbons (Fsp3) is 0.611. The molecule has 1 saturated heterocycles. The number of nitrogens with one attached hydrogen (secondary N) is 1. The van der Waals surface area contributed by atoms with Crippen LogP contribution in [0, 0.1) is 5.92 Å². The van der Waals surface area contributed by atoms with Gasteiger partial charge in [0.1, 0.15) is 0 Å². The van der Waals surface area contributed by atoms with Gasteiger partial charge < -0.3 is 15.3 Å². The van der Waals surface area contributed by atoms with Crippen molar-refractivity contribution in [1.29, 1.82) is 0 Å². The van der Waals surface area contributed by atoms with Crippen molar-refractivity contribution >= 4 is 11.7 Å². The lowest BCUT2D eigenvalue weighted by molar-refractivity contribution is -0.137. The number of hydrogen-bond donors (Lipinski definition) is 2. The Labute approximate surface area is 146 Å². The van der Waals surface area contributed by atoms with Gasteiger partial charge >= 0.3 is 12.2 Å². The summed E-state index contributed by atoms with van der Waals surface area (Å²) in [5, 5.41) is 13.2. The first-order valence-corrected chi connectivity index (χ1v) is 8.61. The molecule has 25 heavy (non-hydrogen) atoms. The van der Waals surface area contributed by atoms with Crippen molar-refractivity contribution in [3.63, 3.8) is 0 Å². The number of rotatable bonds is 4. The number of aliphatic hydroxyl groups is 1. The second-order valence-electron chi connectivity index (χ2n) is 6.79. The van der Waals surface area contributed by atoms with Crippen molar-refractivity contribution in [3.8, 4) is 0 Å². The zero-order valence-corrected chi connectivity index (χ0v) is 14.6. The van der Waals surface area contributed by atoms with E-state index >= 15 is 0 Å². The molecular formula is C18H25F3N2O2. The number of alkyl halides is 3. The van der Waals surface area contributed by atoms with E-state index in [1.54, 1.807) is 0 Å². The van der Waals surface area contributed by atoms with Crippen LogP contribution in [-0.4, -0.2) is 34.7 Å². The SMILES string of the molecule is CCCC(C)C1(O)CCN(C(=O)Nc2cccc(C(F)(F)F)c2)CC1. The predicted molar refractivity (Wildman–Crippen MR) is 90.3 cm³/mol. The molecule has 1 aromatic rings. The Hall–Kier alpha value is -1.76. The largest absolute Gasteiger partial charge is 0.416 e. The number of anilines is 1. The van der Waals surface area contributed by atoms with E-state index in [0.717, 1.165) is 25.0 Å². The van der Waals surface area contributed by atoms with Crippen LogP contribution in [0.25, 0.3) is 0 Å². The molecule has 1 aliphatic heterocycles. The van der Waals surface area contributed by atoms with Gasteiger partial charge in [0.25, 0.3) is 0 Å². The highest BCUT2D eigenvalue weighted by Crippen LogP contribution is 2.33. The van der Waals surface area contributed by atoms with Crippen LogP contribution in [-0.2, 0) is 6.18 Å². The smallest absolute Gasteiger partial charge is 0.389 e. The fourth-order valence-electron chi connectivity index (χ4n) is 3.27. The summed E-state index contributed by atoms with van der Waals surface area (Å²) < 4.78 is 38.2. The Balaban J connectivity index is 1.95. The maximum atomic E-state index is 12.7. The van der Waals surface area contributed by atoms with Gasteiger partial charge in [-0.25, -0.2) is 4.79 Å². The molecule has 2 N–H and O–H groups in total. The standard InChI is InChI=1S/C18H25F3N2O2/c1-3-5-13(2)17(25)8-10-23(11-9-17)16(24)22-15-7-4-6-14(12-15)18(19,20)21/h4,6-7,12-13,25H,3,5,8-11H2,1-2H3,(H,22,24). The topological polar surface area (TPSA) is 52.6 Å². The van der Waals surface area contributed by atoms with E-state index < -0.39 is 23.4 Å². The molecule has 1 atom stereocenters. The summed E-state index contributed by atoms with van der Waals surface area (Å²) >= 11 is 0. The number of likely N-dealkylation sites (tertiary alicyclic amines) is 1. The molecule has 0 spiro atoms. The fourth-order valence-corrected chi connectivity index (χ4v) is 3.27. The van der Waals surface area contributed by atoms with Crippen LogP contribution in [0.4, 0.5) is 23.7 Å². The lowest BCUT2D eigenvalue weighted by Crippen LogP contribution is -2.50. The van der Waals surface area contributed by atoms with Crippen LogP contribution < -0.4 is 5.32 Å². The molecule has 140 valence electrons. The van der Waals surface area contributed by atoms with Gasteiger partial charge in [0.2, 0.25) is 0 Å². The highest BCUT2D eigenvalue weighted by atomic mass is 19.4. The molecule has 1 aromatic carbocycles. The molecule has 0 bridgehead atoms. The quantitative estimate of drug-likeness (QED) is 0.833. The Kier molecular flexibility index (Phi) is 5.98. The molecule has 4 nitrogen and oxygen atoms in total. The van der Waals surface area contributed by atoms with Gasteiger partial charge in [-0.3, -0.25) is 0 Å². The van der Waals surface area contributed by atoms with E-state index in [0.29, 0.717) is 25.9 Å². The van der Waals surface area contributed by atoms with E-state index in [9.17, 15) is 23.1 Å². The Morgan fingerprint density at radius 3 is 2.56 bits per heavy atom. The van der Waals surface area contributed by atoms with Crippen molar-refractivity contribution in [2.24, 2.45) is 5.92 Å². The van der Waals surface area contributed by atoms with E-state index in [2.05, 4.69) is 12.2 Å². The minimum atomic E-state index is -4.45. The third kappa shape index (κ3) is 4.87. The first-order valence-electron chi connectivity index (χ1n) is 8.61. The molecule has 1 heterocycles. The summed E-state index contributed by atoms with van der Waals surface area (Å²) in [6, 6.07) is 4.13. The second-order valence-corrected chi connectivity index (χ2v) is 6.79. The highest BCUT2D eigenvalue weighted by molar-refractivity contribution is 5.89. The first-order chi connectivity index (χ1) is 11.7. The Bertz CT molecular complexity index is 596. The summed E-state index contributed by atoms with van der Waals surface area (Å²) in [6.45, 7) is 4.85. The van der Waals surface area contributed by atoms with Gasteiger partial charge in [-0.2, -0.15) is 13.2 Å². The molecule has 2 rings (SSSR count). The first kappa shape index (κ1) is 19.6. The molecular weight excluding hydrogens is 333 g/mol. The third-order valence-corrected chi connectivity index (χ3v) is 5.00. The van der Waals surface area contributed by atoms with Crippen LogP contribution in [0.15, 0.2) is 24.3 Å². The summed E-state index contributed by atoms with van der Waals surface area (Å²) in [7, 11) is 0. The predicted octanol–water partition coefficient (Wildman–Crippen LogP) is 4.50. The van der Waals surface area contributed by atoms with Crippen LogP contribution in [0.1, 0.15) is 45.1 Å². The number of halogens is 3. The van der Waals surface area contributed by atoms with Crippen LogP contribution in [0.2, 0.25) is 0 Å². The number of amides is 2. The lowest BCUT2D eigenvalue weighted by Gasteiger charge is -2.41. The normalized spacial score (nSPS) is 18.7. The van der Waals surface area contributed by atoms with Gasteiger partial charge in [0, 0.05) is 18.8 Å². The molecule has 1 aliphatic rings. The molecule has 2 amide bonds. The number of hydrogen-bond acceptors (Lipinski definition) is 2. The number of urea groups is 1. The number of benzene rings is 1. The molecule has 0 aromatic heterocycles. The van der Waals surface area contributed by atoms with E-state index in [1.165, 1.54) is 17.0 Å². The monoisotopic (exact) mass is 358 g/mol. The minimum absolute atomic E-state index is 0.111. The van der Waals surface area contributed by atoms with Gasteiger partial charge in [0.05, 0.1) is 11.2 Å². The van der Waals surface area contributed by atoms with E-state index in [4.69, 9.17) is 0 Å². The van der Waals surface area contributed by atoms with Crippen molar-refractivity contribution in [2.45, 2.75) is 51.3 Å². The van der Waals surface area contributed by atoms with Crippen LogP contribution in [0.3, 0.4) is 0 Å². The lowest BCUT2D eigenvalue weighted by atomic mass is 9.78. The van der Waals surface area contributed by atoms with E-state index in [-0.39, 0.29) is 11.6 Å². The second kappa shape index (κ2) is 7.64. The number of carbonyl (C=O) groups is 1. The molecule has 0 radical (unpaired) electrons. The van der Waals surface area contributed by atoms with Gasteiger partial charge in [-0.15, -0.1) is 0 Å². The van der Waals surface area contributed by atoms with Crippen molar-refractivity contribution in [2.75, 3.05) is 18.4 Å². The molecule has 0 aliphatic carbocycles.